The Hall–Kier alpha value is -0.860. The van der Waals surface area contributed by atoms with Crippen LogP contribution in [-0.2, 0) is 4.79 Å². The van der Waals surface area contributed by atoms with Crippen LogP contribution in [0.15, 0.2) is 5.16 Å². The van der Waals surface area contributed by atoms with Gasteiger partial charge in [-0.25, -0.2) is 0 Å². The van der Waals surface area contributed by atoms with Crippen LogP contribution in [0.5, 0.6) is 0 Å². The second-order valence-electron chi connectivity index (χ2n) is 4.06. The molecule has 3 nitrogen and oxygen atoms in total. The predicted octanol–water partition coefficient (Wildman–Crippen LogP) is 1.99. The molecule has 13 heavy (non-hydrogen) atoms. The highest BCUT2D eigenvalue weighted by Gasteiger charge is 2.37. The average molecular weight is 181 g/mol. The fraction of sp³-hybridized carbons (Fsp3) is 0.800. The lowest BCUT2D eigenvalue weighted by atomic mass is 9.69. The number of hydrogen-bond acceptors (Lipinski definition) is 3. The first-order valence-corrected chi connectivity index (χ1v) is 5.06. The molecule has 1 N–H and O–H groups in total. The molecular weight excluding hydrogens is 166 g/mol. The second-order valence-corrected chi connectivity index (χ2v) is 4.06. The van der Waals surface area contributed by atoms with E-state index in [9.17, 15) is 4.79 Å². The molecule has 0 saturated heterocycles. The number of carbonyl (C=O) groups excluding carboxylic acids is 1. The van der Waals surface area contributed by atoms with Gasteiger partial charge in [-0.1, -0.05) is 5.16 Å². The van der Waals surface area contributed by atoms with Crippen molar-refractivity contribution in [1.29, 1.82) is 0 Å². The molecule has 0 aromatic rings. The van der Waals surface area contributed by atoms with Crippen LogP contribution in [-0.4, -0.2) is 16.7 Å². The number of Topliss-reactive ketones (excluding diaryl/α,β-unsaturated/α-hetero) is 1. The van der Waals surface area contributed by atoms with Crippen molar-refractivity contribution in [3.05, 3.63) is 0 Å². The minimum atomic E-state index is 0.174. The summed E-state index contributed by atoms with van der Waals surface area (Å²) in [6.45, 7) is 0. The van der Waals surface area contributed by atoms with Gasteiger partial charge >= 0.3 is 0 Å². The summed E-state index contributed by atoms with van der Waals surface area (Å²) < 4.78 is 0. The monoisotopic (exact) mass is 181 g/mol. The van der Waals surface area contributed by atoms with Crippen LogP contribution in [0, 0.1) is 11.8 Å². The van der Waals surface area contributed by atoms with E-state index in [1.807, 2.05) is 0 Å². The lowest BCUT2D eigenvalue weighted by Gasteiger charge is -2.34. The average Bonchev–Trinajstić information content (AvgIpc) is 2.18. The first kappa shape index (κ1) is 8.73. The van der Waals surface area contributed by atoms with E-state index in [1.54, 1.807) is 0 Å². The summed E-state index contributed by atoms with van der Waals surface area (Å²) in [5.41, 5.74) is 0.865. The van der Waals surface area contributed by atoms with Crippen molar-refractivity contribution in [3.8, 4) is 0 Å². The van der Waals surface area contributed by atoms with Gasteiger partial charge in [-0.3, -0.25) is 4.79 Å². The normalized spacial score (nSPS) is 37.5. The fourth-order valence-electron chi connectivity index (χ4n) is 2.68. The van der Waals surface area contributed by atoms with Crippen LogP contribution in [0.4, 0.5) is 0 Å². The molecule has 2 saturated carbocycles. The minimum Gasteiger partial charge on any atom is -0.411 e. The number of carbonyl (C=O) groups is 1. The Bertz CT molecular complexity index is 247. The van der Waals surface area contributed by atoms with Gasteiger partial charge in [0.2, 0.25) is 0 Å². The second kappa shape index (κ2) is 3.48. The smallest absolute Gasteiger partial charge is 0.136 e. The molecule has 2 rings (SSSR count). The molecule has 0 spiro atoms. The summed E-state index contributed by atoms with van der Waals surface area (Å²) in [7, 11) is 0. The number of fused-ring (bicyclic) bond motifs is 1. The molecule has 0 aliphatic heterocycles. The Balaban J connectivity index is 2.18. The van der Waals surface area contributed by atoms with Crippen LogP contribution in [0.25, 0.3) is 0 Å². The molecule has 2 aliphatic carbocycles. The molecule has 0 unspecified atom stereocenters. The Labute approximate surface area is 77.8 Å². The Kier molecular flexibility index (Phi) is 2.34. The van der Waals surface area contributed by atoms with Crippen LogP contribution in [0.3, 0.4) is 0 Å². The highest BCUT2D eigenvalue weighted by molar-refractivity contribution is 5.94. The third-order valence-corrected chi connectivity index (χ3v) is 3.34. The molecule has 0 heterocycles. The molecule has 0 aromatic carbocycles. The van der Waals surface area contributed by atoms with Crippen molar-refractivity contribution in [2.45, 2.75) is 38.5 Å². The number of ketones is 1. The minimum absolute atomic E-state index is 0.174. The van der Waals surface area contributed by atoms with Gasteiger partial charge in [0.05, 0.1) is 5.71 Å². The summed E-state index contributed by atoms with van der Waals surface area (Å²) in [5, 5.41) is 12.1. The van der Waals surface area contributed by atoms with E-state index in [-0.39, 0.29) is 11.8 Å². The molecule has 0 radical (unpaired) electrons. The Morgan fingerprint density at radius 3 is 2.62 bits per heavy atom. The number of oxime groups is 1. The highest BCUT2D eigenvalue weighted by Crippen LogP contribution is 2.36. The van der Waals surface area contributed by atoms with Gasteiger partial charge in [0.1, 0.15) is 5.78 Å². The highest BCUT2D eigenvalue weighted by atomic mass is 16.4. The summed E-state index contributed by atoms with van der Waals surface area (Å²) in [6.07, 6.45) is 5.63. The SMILES string of the molecule is O=C1CCC[C@@H]2/C(=N\O)CCC[C@H]12. The molecule has 2 aliphatic rings. The van der Waals surface area contributed by atoms with E-state index in [2.05, 4.69) is 5.16 Å². The quantitative estimate of drug-likeness (QED) is 0.459. The molecule has 2 atom stereocenters. The van der Waals surface area contributed by atoms with E-state index in [0.717, 1.165) is 44.2 Å². The summed E-state index contributed by atoms with van der Waals surface area (Å²) in [6, 6.07) is 0. The van der Waals surface area contributed by atoms with Gasteiger partial charge < -0.3 is 5.21 Å². The molecule has 0 bridgehead atoms. The Morgan fingerprint density at radius 1 is 1.15 bits per heavy atom. The molecule has 0 amide bonds. The van der Waals surface area contributed by atoms with Crippen molar-refractivity contribution in [2.75, 3.05) is 0 Å². The van der Waals surface area contributed by atoms with Gasteiger partial charge in [-0.2, -0.15) is 0 Å². The van der Waals surface area contributed by atoms with Crippen LogP contribution in [0.2, 0.25) is 0 Å². The number of hydrogen-bond donors (Lipinski definition) is 1. The topological polar surface area (TPSA) is 49.7 Å². The largest absolute Gasteiger partial charge is 0.411 e. The summed E-state index contributed by atoms with van der Waals surface area (Å²) >= 11 is 0. The van der Waals surface area contributed by atoms with E-state index in [1.165, 1.54) is 0 Å². The van der Waals surface area contributed by atoms with Crippen molar-refractivity contribution in [2.24, 2.45) is 17.0 Å². The number of nitrogens with zero attached hydrogens (tertiary/aromatic N) is 1. The number of rotatable bonds is 0. The molecule has 2 fully saturated rings. The van der Waals surface area contributed by atoms with Gasteiger partial charge in [0.15, 0.2) is 0 Å². The maximum absolute atomic E-state index is 11.6. The predicted molar refractivity (Wildman–Crippen MR) is 48.9 cm³/mol. The Morgan fingerprint density at radius 2 is 1.85 bits per heavy atom. The van der Waals surface area contributed by atoms with E-state index < -0.39 is 0 Å². The van der Waals surface area contributed by atoms with Gasteiger partial charge in [-0.05, 0) is 32.1 Å². The lowest BCUT2D eigenvalue weighted by Crippen LogP contribution is -2.37. The maximum Gasteiger partial charge on any atom is 0.136 e. The first-order chi connectivity index (χ1) is 6.33. The van der Waals surface area contributed by atoms with Gasteiger partial charge in [0, 0.05) is 18.3 Å². The van der Waals surface area contributed by atoms with Crippen LogP contribution < -0.4 is 0 Å². The van der Waals surface area contributed by atoms with Gasteiger partial charge in [0.25, 0.3) is 0 Å². The first-order valence-electron chi connectivity index (χ1n) is 5.06. The van der Waals surface area contributed by atoms with E-state index in [0.29, 0.717) is 5.78 Å². The van der Waals surface area contributed by atoms with E-state index >= 15 is 0 Å². The van der Waals surface area contributed by atoms with Crippen LogP contribution >= 0.6 is 0 Å². The zero-order valence-electron chi connectivity index (χ0n) is 7.70. The van der Waals surface area contributed by atoms with E-state index in [4.69, 9.17) is 5.21 Å². The zero-order valence-corrected chi connectivity index (χ0v) is 7.70. The lowest BCUT2D eigenvalue weighted by molar-refractivity contribution is -0.126. The fourth-order valence-corrected chi connectivity index (χ4v) is 2.68. The van der Waals surface area contributed by atoms with Crippen molar-refractivity contribution in [1.82, 2.24) is 0 Å². The standard InChI is InChI=1S/C10H15NO2/c12-10-6-2-3-7-8(10)4-1-5-9(7)11-13/h7-8,13H,1-6H2/b11-9-/t7-,8-/m0/s1. The summed E-state index contributed by atoms with van der Waals surface area (Å²) in [5.74, 6) is 0.825. The van der Waals surface area contributed by atoms with Crippen LogP contribution in [0.1, 0.15) is 38.5 Å². The van der Waals surface area contributed by atoms with Crippen molar-refractivity contribution >= 4 is 11.5 Å². The zero-order chi connectivity index (χ0) is 9.26. The maximum atomic E-state index is 11.6. The third-order valence-electron chi connectivity index (χ3n) is 3.34. The third kappa shape index (κ3) is 1.47. The van der Waals surface area contributed by atoms with Crippen molar-refractivity contribution < 1.29 is 10.0 Å². The molecule has 3 heteroatoms. The van der Waals surface area contributed by atoms with Crippen molar-refractivity contribution in [3.63, 3.8) is 0 Å². The summed E-state index contributed by atoms with van der Waals surface area (Å²) in [4.78, 5) is 11.6. The van der Waals surface area contributed by atoms with Gasteiger partial charge in [-0.15, -0.1) is 0 Å². The molecule has 0 aromatic heterocycles. The molecular formula is C10H15NO2. The molecule has 72 valence electrons.